The van der Waals surface area contributed by atoms with Crippen LogP contribution >= 0.6 is 0 Å². The SMILES string of the molecule is Cc1cc(N)cnc1NCCC(=O)N1CCCC1. The van der Waals surface area contributed by atoms with Gasteiger partial charge in [0.15, 0.2) is 0 Å². The standard InChI is InChI=1S/C13H20N4O/c1-10-8-11(14)9-16-13(10)15-5-4-12(18)17-6-2-3-7-17/h8-9H,2-7,14H2,1H3,(H,15,16). The number of nitrogens with two attached hydrogens (primary N) is 1. The minimum Gasteiger partial charge on any atom is -0.397 e. The van der Waals surface area contributed by atoms with Gasteiger partial charge in [-0.05, 0) is 31.4 Å². The molecule has 98 valence electrons. The molecule has 2 heterocycles. The molecule has 3 N–H and O–H groups in total. The van der Waals surface area contributed by atoms with Gasteiger partial charge >= 0.3 is 0 Å². The first-order valence-corrected chi connectivity index (χ1v) is 6.40. The quantitative estimate of drug-likeness (QED) is 0.845. The molecule has 1 amide bonds. The lowest BCUT2D eigenvalue weighted by Gasteiger charge is -2.15. The lowest BCUT2D eigenvalue weighted by atomic mass is 10.2. The highest BCUT2D eigenvalue weighted by atomic mass is 16.2. The van der Waals surface area contributed by atoms with Crippen molar-refractivity contribution in [2.75, 3.05) is 30.7 Å². The molecule has 0 radical (unpaired) electrons. The summed E-state index contributed by atoms with van der Waals surface area (Å²) in [6, 6.07) is 1.87. The maximum Gasteiger partial charge on any atom is 0.224 e. The minimum atomic E-state index is 0.230. The van der Waals surface area contributed by atoms with Crippen molar-refractivity contribution in [3.8, 4) is 0 Å². The topological polar surface area (TPSA) is 71.2 Å². The molecule has 0 atom stereocenters. The van der Waals surface area contributed by atoms with Crippen molar-refractivity contribution in [3.05, 3.63) is 17.8 Å². The molecule has 18 heavy (non-hydrogen) atoms. The van der Waals surface area contributed by atoms with Crippen LogP contribution in [0.1, 0.15) is 24.8 Å². The highest BCUT2D eigenvalue weighted by molar-refractivity contribution is 5.77. The molecule has 5 nitrogen and oxygen atoms in total. The van der Waals surface area contributed by atoms with Gasteiger partial charge in [0.2, 0.25) is 5.91 Å². The highest BCUT2D eigenvalue weighted by Crippen LogP contribution is 2.14. The van der Waals surface area contributed by atoms with Crippen LogP contribution in [0.2, 0.25) is 0 Å². The highest BCUT2D eigenvalue weighted by Gasteiger charge is 2.17. The van der Waals surface area contributed by atoms with Crippen LogP contribution in [-0.4, -0.2) is 35.4 Å². The maximum atomic E-state index is 11.8. The van der Waals surface area contributed by atoms with Crippen LogP contribution in [0.15, 0.2) is 12.3 Å². The van der Waals surface area contributed by atoms with Gasteiger partial charge in [0.1, 0.15) is 5.82 Å². The molecule has 0 unspecified atom stereocenters. The molecular formula is C13H20N4O. The molecule has 1 saturated heterocycles. The average Bonchev–Trinajstić information content (AvgIpc) is 2.85. The third kappa shape index (κ3) is 3.12. The number of nitrogens with zero attached hydrogens (tertiary/aromatic N) is 2. The zero-order valence-electron chi connectivity index (χ0n) is 10.8. The summed E-state index contributed by atoms with van der Waals surface area (Å²) in [4.78, 5) is 18.0. The number of carbonyl (C=O) groups is 1. The van der Waals surface area contributed by atoms with Gasteiger partial charge in [-0.2, -0.15) is 0 Å². The molecule has 0 spiro atoms. The fraction of sp³-hybridized carbons (Fsp3) is 0.538. The molecule has 1 aliphatic rings. The van der Waals surface area contributed by atoms with Crippen molar-refractivity contribution in [1.82, 2.24) is 9.88 Å². The molecule has 1 aliphatic heterocycles. The number of nitrogen functional groups attached to an aromatic ring is 1. The van der Waals surface area contributed by atoms with Crippen LogP contribution in [-0.2, 0) is 4.79 Å². The first-order chi connectivity index (χ1) is 8.66. The fourth-order valence-corrected chi connectivity index (χ4v) is 2.19. The summed E-state index contributed by atoms with van der Waals surface area (Å²) in [6.07, 6.45) is 4.42. The van der Waals surface area contributed by atoms with Crippen LogP contribution in [0, 0.1) is 6.92 Å². The number of amides is 1. The van der Waals surface area contributed by atoms with E-state index < -0.39 is 0 Å². The van der Waals surface area contributed by atoms with Gasteiger partial charge in [-0.3, -0.25) is 4.79 Å². The van der Waals surface area contributed by atoms with Gasteiger partial charge in [0.25, 0.3) is 0 Å². The summed E-state index contributed by atoms with van der Waals surface area (Å²) >= 11 is 0. The third-order valence-electron chi connectivity index (χ3n) is 3.19. The monoisotopic (exact) mass is 248 g/mol. The zero-order valence-corrected chi connectivity index (χ0v) is 10.8. The number of carbonyl (C=O) groups excluding carboxylic acids is 1. The summed E-state index contributed by atoms with van der Waals surface area (Å²) in [6.45, 7) is 4.40. The van der Waals surface area contributed by atoms with Gasteiger partial charge in [-0.25, -0.2) is 4.98 Å². The lowest BCUT2D eigenvalue weighted by Crippen LogP contribution is -2.29. The van der Waals surface area contributed by atoms with Crippen LogP contribution in [0.5, 0.6) is 0 Å². The number of hydrogen-bond donors (Lipinski definition) is 2. The Morgan fingerprint density at radius 1 is 1.50 bits per heavy atom. The van der Waals surface area contributed by atoms with E-state index in [1.165, 1.54) is 0 Å². The number of aryl methyl sites for hydroxylation is 1. The van der Waals surface area contributed by atoms with Gasteiger partial charge < -0.3 is 16.0 Å². The molecule has 0 saturated carbocycles. The number of rotatable bonds is 4. The molecule has 1 aromatic heterocycles. The van der Waals surface area contributed by atoms with Crippen LogP contribution in [0.3, 0.4) is 0 Å². The average molecular weight is 248 g/mol. The number of hydrogen-bond acceptors (Lipinski definition) is 4. The van der Waals surface area contributed by atoms with E-state index in [1.807, 2.05) is 17.9 Å². The van der Waals surface area contributed by atoms with Gasteiger partial charge in [0.05, 0.1) is 11.9 Å². The summed E-state index contributed by atoms with van der Waals surface area (Å²) < 4.78 is 0. The Labute approximate surface area is 107 Å². The minimum absolute atomic E-state index is 0.230. The number of likely N-dealkylation sites (tertiary alicyclic amines) is 1. The molecule has 1 fully saturated rings. The number of aromatic nitrogens is 1. The van der Waals surface area contributed by atoms with Gasteiger partial charge in [-0.1, -0.05) is 0 Å². The Hall–Kier alpha value is -1.78. The van der Waals surface area contributed by atoms with Crippen molar-refractivity contribution < 1.29 is 4.79 Å². The second-order valence-electron chi connectivity index (χ2n) is 4.70. The molecule has 0 aliphatic carbocycles. The summed E-state index contributed by atoms with van der Waals surface area (Å²) in [5, 5.41) is 3.18. The summed E-state index contributed by atoms with van der Waals surface area (Å²) in [5.74, 6) is 1.03. The predicted octanol–water partition coefficient (Wildman–Crippen LogP) is 1.40. The fourth-order valence-electron chi connectivity index (χ4n) is 2.19. The Kier molecular flexibility index (Phi) is 4.02. The van der Waals surface area contributed by atoms with Crippen molar-refractivity contribution in [2.24, 2.45) is 0 Å². The smallest absolute Gasteiger partial charge is 0.224 e. The number of anilines is 2. The summed E-state index contributed by atoms with van der Waals surface area (Å²) in [5.41, 5.74) is 7.30. The Bertz CT molecular complexity index is 427. The van der Waals surface area contributed by atoms with Gasteiger partial charge in [0, 0.05) is 26.1 Å². The van der Waals surface area contributed by atoms with E-state index in [-0.39, 0.29) is 5.91 Å². The Morgan fingerprint density at radius 2 is 2.22 bits per heavy atom. The van der Waals surface area contributed by atoms with E-state index in [2.05, 4.69) is 10.3 Å². The van der Waals surface area contributed by atoms with Crippen LogP contribution in [0.4, 0.5) is 11.5 Å². The molecule has 0 bridgehead atoms. The normalized spacial score (nSPS) is 14.8. The van der Waals surface area contributed by atoms with Crippen molar-refractivity contribution in [1.29, 1.82) is 0 Å². The second-order valence-corrected chi connectivity index (χ2v) is 4.70. The Morgan fingerprint density at radius 3 is 2.89 bits per heavy atom. The lowest BCUT2D eigenvalue weighted by molar-refractivity contribution is -0.129. The second kappa shape index (κ2) is 5.71. The Balaban J connectivity index is 1.79. The van der Waals surface area contributed by atoms with E-state index in [0.29, 0.717) is 18.7 Å². The van der Waals surface area contributed by atoms with Crippen molar-refractivity contribution >= 4 is 17.4 Å². The maximum absolute atomic E-state index is 11.8. The summed E-state index contributed by atoms with van der Waals surface area (Å²) in [7, 11) is 0. The molecular weight excluding hydrogens is 228 g/mol. The van der Waals surface area contributed by atoms with Crippen LogP contribution in [0.25, 0.3) is 0 Å². The first kappa shape index (κ1) is 12.7. The van der Waals surface area contributed by atoms with E-state index >= 15 is 0 Å². The van der Waals surface area contributed by atoms with Crippen molar-refractivity contribution in [3.63, 3.8) is 0 Å². The van der Waals surface area contributed by atoms with E-state index in [4.69, 9.17) is 5.73 Å². The van der Waals surface area contributed by atoms with E-state index in [1.54, 1.807) is 6.20 Å². The van der Waals surface area contributed by atoms with Crippen LogP contribution < -0.4 is 11.1 Å². The van der Waals surface area contributed by atoms with Crippen molar-refractivity contribution in [2.45, 2.75) is 26.2 Å². The predicted molar refractivity (Wildman–Crippen MR) is 72.3 cm³/mol. The molecule has 1 aromatic rings. The molecule has 2 rings (SSSR count). The van der Waals surface area contributed by atoms with Gasteiger partial charge in [-0.15, -0.1) is 0 Å². The molecule has 5 heteroatoms. The third-order valence-corrected chi connectivity index (χ3v) is 3.19. The first-order valence-electron chi connectivity index (χ1n) is 6.40. The van der Waals surface area contributed by atoms with E-state index in [0.717, 1.165) is 37.3 Å². The van der Waals surface area contributed by atoms with E-state index in [9.17, 15) is 4.79 Å². The zero-order chi connectivity index (χ0) is 13.0. The largest absolute Gasteiger partial charge is 0.397 e. The number of pyridine rings is 1. The molecule has 0 aromatic carbocycles. The number of nitrogens with one attached hydrogen (secondary N) is 1.